The second-order valence-corrected chi connectivity index (χ2v) is 21.3. The summed E-state index contributed by atoms with van der Waals surface area (Å²) in [5.74, 6) is -0.881. The predicted octanol–water partition coefficient (Wildman–Crippen LogP) is 21.4. The maximum Gasteiger partial charge on any atom is 0.306 e. The van der Waals surface area contributed by atoms with E-state index in [0.717, 1.165) is 89.9 Å². The van der Waals surface area contributed by atoms with E-state index in [-0.39, 0.29) is 31.1 Å². The summed E-state index contributed by atoms with van der Waals surface area (Å²) >= 11 is 0. The highest BCUT2D eigenvalue weighted by Crippen LogP contribution is 2.17. The van der Waals surface area contributed by atoms with Crippen LogP contribution >= 0.6 is 0 Å². The lowest BCUT2D eigenvalue weighted by atomic mass is 10.0. The normalized spacial score (nSPS) is 12.3. The van der Waals surface area contributed by atoms with Crippen LogP contribution in [0.2, 0.25) is 0 Å². The fourth-order valence-electron chi connectivity index (χ4n) is 9.26. The molecule has 0 aliphatic heterocycles. The summed E-state index contributed by atoms with van der Waals surface area (Å²) in [4.78, 5) is 37.9. The van der Waals surface area contributed by atoms with Gasteiger partial charge in [0.25, 0.3) is 0 Å². The smallest absolute Gasteiger partial charge is 0.306 e. The molecule has 0 saturated carbocycles. The molecule has 0 N–H and O–H groups in total. The second kappa shape index (κ2) is 60.9. The van der Waals surface area contributed by atoms with E-state index in [2.05, 4.69) is 69.4 Å². The van der Waals surface area contributed by atoms with Gasteiger partial charge in [-0.3, -0.25) is 14.4 Å². The van der Waals surface area contributed by atoms with Crippen LogP contribution in [-0.4, -0.2) is 37.2 Å². The summed E-state index contributed by atoms with van der Waals surface area (Å²) in [7, 11) is 0. The molecular weight excluding hydrogens is 889 g/mol. The number of esters is 3. The van der Waals surface area contributed by atoms with Gasteiger partial charge in [-0.05, 0) is 77.0 Å². The van der Waals surface area contributed by atoms with Crippen LogP contribution in [0.15, 0.2) is 48.6 Å². The van der Waals surface area contributed by atoms with E-state index >= 15 is 0 Å². The number of hydrogen-bond acceptors (Lipinski definition) is 6. The van der Waals surface area contributed by atoms with E-state index < -0.39 is 6.10 Å². The Kier molecular flexibility index (Phi) is 58.7. The molecule has 0 spiro atoms. The van der Waals surface area contributed by atoms with Gasteiger partial charge in [-0.2, -0.15) is 0 Å². The highest BCUT2D eigenvalue weighted by molar-refractivity contribution is 5.71. The summed E-state index contributed by atoms with van der Waals surface area (Å²) in [5.41, 5.74) is 0. The summed E-state index contributed by atoms with van der Waals surface area (Å²) in [6.07, 6.45) is 75.9. The van der Waals surface area contributed by atoms with Gasteiger partial charge in [0, 0.05) is 19.3 Å². The van der Waals surface area contributed by atoms with Crippen molar-refractivity contribution in [2.75, 3.05) is 13.2 Å². The van der Waals surface area contributed by atoms with E-state index in [0.29, 0.717) is 19.3 Å². The van der Waals surface area contributed by atoms with Gasteiger partial charge in [0.1, 0.15) is 13.2 Å². The number of unbranched alkanes of at least 4 members (excludes halogenated alkanes) is 39. The van der Waals surface area contributed by atoms with Gasteiger partial charge in [0.15, 0.2) is 6.10 Å². The van der Waals surface area contributed by atoms with Crippen molar-refractivity contribution >= 4 is 17.9 Å². The quantitative estimate of drug-likeness (QED) is 0.0261. The van der Waals surface area contributed by atoms with E-state index in [9.17, 15) is 14.4 Å². The molecule has 0 aliphatic carbocycles. The predicted molar refractivity (Wildman–Crippen MR) is 312 cm³/mol. The summed E-state index contributed by atoms with van der Waals surface area (Å²) in [5, 5.41) is 0. The number of allylic oxidation sites excluding steroid dienone is 8. The van der Waals surface area contributed by atoms with Crippen molar-refractivity contribution in [3.63, 3.8) is 0 Å². The molecule has 72 heavy (non-hydrogen) atoms. The third kappa shape index (κ3) is 58.3. The molecule has 0 bridgehead atoms. The Bertz CT molecular complexity index is 1250. The molecule has 6 nitrogen and oxygen atoms in total. The van der Waals surface area contributed by atoms with Gasteiger partial charge in [0.05, 0.1) is 0 Å². The maximum atomic E-state index is 12.8. The molecule has 0 aromatic heterocycles. The minimum absolute atomic E-state index is 0.0748. The average molecular weight is 1010 g/mol. The van der Waals surface area contributed by atoms with Crippen molar-refractivity contribution in [3.05, 3.63) is 48.6 Å². The van der Waals surface area contributed by atoms with Crippen LogP contribution in [0.3, 0.4) is 0 Å². The standard InChI is InChI=1S/C66H120O6/c1-4-7-10-13-16-18-20-22-24-25-26-27-28-29-30-31-32-33-34-35-36-37-38-39-40-41-42-44-45-47-50-53-56-59-65(68)71-62-63(61-70-64(67)58-55-52-49-15-12-9-6-3)72-66(69)60-57-54-51-48-46-43-23-21-19-17-14-11-8-5-2/h14,17,20-23,25-26,63H,4-13,15-16,18-19,24,27-62H2,1-3H3/b17-14-,22-20-,23-21-,26-25-. The lowest BCUT2D eigenvalue weighted by Gasteiger charge is -2.18. The van der Waals surface area contributed by atoms with Gasteiger partial charge in [0.2, 0.25) is 0 Å². The minimum Gasteiger partial charge on any atom is -0.462 e. The van der Waals surface area contributed by atoms with Crippen molar-refractivity contribution in [1.82, 2.24) is 0 Å². The Morgan fingerprint density at radius 2 is 0.514 bits per heavy atom. The molecule has 0 heterocycles. The Labute approximate surface area is 448 Å². The Morgan fingerprint density at radius 3 is 0.806 bits per heavy atom. The first kappa shape index (κ1) is 69.4. The molecule has 0 amide bonds. The highest BCUT2D eigenvalue weighted by atomic mass is 16.6. The Hall–Kier alpha value is -2.63. The zero-order valence-electron chi connectivity index (χ0n) is 48.2. The van der Waals surface area contributed by atoms with Crippen molar-refractivity contribution in [2.24, 2.45) is 0 Å². The van der Waals surface area contributed by atoms with Crippen molar-refractivity contribution in [2.45, 2.75) is 341 Å². The van der Waals surface area contributed by atoms with Gasteiger partial charge in [-0.25, -0.2) is 0 Å². The molecule has 420 valence electrons. The van der Waals surface area contributed by atoms with E-state index in [1.807, 2.05) is 0 Å². The van der Waals surface area contributed by atoms with Crippen LogP contribution in [0.25, 0.3) is 0 Å². The zero-order valence-corrected chi connectivity index (χ0v) is 48.2. The van der Waals surface area contributed by atoms with Crippen molar-refractivity contribution in [3.8, 4) is 0 Å². The number of hydrogen-bond donors (Lipinski definition) is 0. The molecule has 1 unspecified atom stereocenters. The molecular formula is C66H120O6. The first-order valence-electron chi connectivity index (χ1n) is 31.6. The molecule has 0 rings (SSSR count). The fraction of sp³-hybridized carbons (Fsp3) is 0.833. The van der Waals surface area contributed by atoms with Crippen LogP contribution in [0, 0.1) is 0 Å². The summed E-state index contributed by atoms with van der Waals surface area (Å²) < 4.78 is 16.8. The highest BCUT2D eigenvalue weighted by Gasteiger charge is 2.19. The molecule has 0 fully saturated rings. The zero-order chi connectivity index (χ0) is 52.2. The maximum absolute atomic E-state index is 12.8. The van der Waals surface area contributed by atoms with Crippen LogP contribution < -0.4 is 0 Å². The van der Waals surface area contributed by atoms with Gasteiger partial charge >= 0.3 is 17.9 Å². The SMILES string of the molecule is CCCC/C=C\C/C=C\CCCCCCCC(=O)OC(COC(=O)CCCCCCCCC)COC(=O)CCCCCCCCCCCCCCCCCCCCCCC/C=C\C/C=C\CCCCCCC. The van der Waals surface area contributed by atoms with E-state index in [1.165, 1.54) is 205 Å². The fourth-order valence-corrected chi connectivity index (χ4v) is 9.26. The summed E-state index contributed by atoms with van der Waals surface area (Å²) in [6, 6.07) is 0. The van der Waals surface area contributed by atoms with E-state index in [4.69, 9.17) is 14.2 Å². The largest absolute Gasteiger partial charge is 0.462 e. The Balaban J connectivity index is 3.95. The first-order valence-corrected chi connectivity index (χ1v) is 31.6. The van der Waals surface area contributed by atoms with Crippen LogP contribution in [0.5, 0.6) is 0 Å². The van der Waals surface area contributed by atoms with Crippen LogP contribution in [0.4, 0.5) is 0 Å². The van der Waals surface area contributed by atoms with Gasteiger partial charge < -0.3 is 14.2 Å². The molecule has 1 atom stereocenters. The number of carbonyl (C=O) groups excluding carboxylic acids is 3. The van der Waals surface area contributed by atoms with Crippen LogP contribution in [-0.2, 0) is 28.6 Å². The molecule has 6 heteroatoms. The molecule has 0 saturated heterocycles. The molecule has 0 aromatic rings. The summed E-state index contributed by atoms with van der Waals surface area (Å²) in [6.45, 7) is 6.57. The topological polar surface area (TPSA) is 78.9 Å². The average Bonchev–Trinajstić information content (AvgIpc) is 3.38. The third-order valence-electron chi connectivity index (χ3n) is 14.1. The Morgan fingerprint density at radius 1 is 0.278 bits per heavy atom. The molecule has 0 aromatic carbocycles. The second-order valence-electron chi connectivity index (χ2n) is 21.3. The van der Waals surface area contributed by atoms with Crippen molar-refractivity contribution < 1.29 is 28.6 Å². The number of rotatable bonds is 58. The van der Waals surface area contributed by atoms with Gasteiger partial charge in [-0.1, -0.05) is 288 Å². The first-order chi connectivity index (χ1) is 35.5. The minimum atomic E-state index is -0.775. The molecule has 0 radical (unpaired) electrons. The van der Waals surface area contributed by atoms with Crippen LogP contribution in [0.1, 0.15) is 335 Å². The van der Waals surface area contributed by atoms with Gasteiger partial charge in [-0.15, -0.1) is 0 Å². The number of ether oxygens (including phenoxy) is 3. The van der Waals surface area contributed by atoms with Crippen molar-refractivity contribution in [1.29, 1.82) is 0 Å². The lowest BCUT2D eigenvalue weighted by molar-refractivity contribution is -0.167. The molecule has 0 aliphatic rings. The number of carbonyl (C=O) groups is 3. The lowest BCUT2D eigenvalue weighted by Crippen LogP contribution is -2.30. The third-order valence-corrected chi connectivity index (χ3v) is 14.1. The monoisotopic (exact) mass is 1010 g/mol. The van der Waals surface area contributed by atoms with E-state index in [1.54, 1.807) is 0 Å².